The normalized spacial score (nSPS) is 11.1. The number of hydrogen-bond donors (Lipinski definition) is 0. The van der Waals surface area contributed by atoms with Gasteiger partial charge in [0.2, 0.25) is 0 Å². The highest BCUT2D eigenvalue weighted by molar-refractivity contribution is 8.01. The molecule has 3 aromatic rings. The van der Waals surface area contributed by atoms with Crippen molar-refractivity contribution in [1.29, 1.82) is 0 Å². The maximum Gasteiger partial charge on any atom is 0.184 e. The third-order valence-corrected chi connectivity index (χ3v) is 7.18. The van der Waals surface area contributed by atoms with Crippen LogP contribution in [0.4, 0.5) is 0 Å². The lowest BCUT2D eigenvalue weighted by molar-refractivity contribution is 0.102. The smallest absolute Gasteiger partial charge is 0.184 e. The lowest BCUT2D eigenvalue weighted by Gasteiger charge is -2.03. The molecule has 136 valence electrons. The molecule has 3 rings (SSSR count). The molecule has 2 heterocycles. The van der Waals surface area contributed by atoms with E-state index in [9.17, 15) is 4.79 Å². The number of carbonyl (C=O) groups excluding carboxylic acids is 1. The summed E-state index contributed by atoms with van der Waals surface area (Å²) in [4.78, 5) is 12.5. The van der Waals surface area contributed by atoms with Gasteiger partial charge in [0.05, 0.1) is 21.5 Å². The molecule has 0 fully saturated rings. The molecule has 2 aromatic heterocycles. The number of halogens is 2. The summed E-state index contributed by atoms with van der Waals surface area (Å²) in [6.45, 7) is 3.94. The van der Waals surface area contributed by atoms with Crippen LogP contribution in [-0.2, 0) is 7.05 Å². The zero-order chi connectivity index (χ0) is 19.0. The molecular weight excluding hydrogens is 429 g/mol. The maximum absolute atomic E-state index is 12.5. The van der Waals surface area contributed by atoms with Crippen molar-refractivity contribution >= 4 is 64.3 Å². The third kappa shape index (κ3) is 3.92. The van der Waals surface area contributed by atoms with Crippen LogP contribution < -0.4 is 0 Å². The van der Waals surface area contributed by atoms with Crippen molar-refractivity contribution < 1.29 is 4.79 Å². The molecule has 0 amide bonds. The van der Waals surface area contributed by atoms with Gasteiger partial charge in [0.1, 0.15) is 0 Å². The maximum atomic E-state index is 12.5. The molecule has 0 radical (unpaired) electrons. The van der Waals surface area contributed by atoms with E-state index < -0.39 is 0 Å². The van der Waals surface area contributed by atoms with Gasteiger partial charge in [-0.3, -0.25) is 4.79 Å². The number of thioether (sulfide) groups is 1. The van der Waals surface area contributed by atoms with Crippen molar-refractivity contribution in [2.45, 2.75) is 18.2 Å². The number of aryl methyl sites for hydroxylation is 1. The summed E-state index contributed by atoms with van der Waals surface area (Å²) in [5, 5.41) is 5.42. The number of nitrogens with zero attached hydrogens (tertiary/aromatic N) is 3. The van der Waals surface area contributed by atoms with Crippen molar-refractivity contribution in [2.75, 3.05) is 5.75 Å². The molecule has 0 saturated heterocycles. The first-order valence-electron chi connectivity index (χ1n) is 7.62. The molecule has 0 saturated carbocycles. The number of aromatic nitrogens is 3. The average Bonchev–Trinajstić information content (AvgIpc) is 3.10. The summed E-state index contributed by atoms with van der Waals surface area (Å²) < 4.78 is 4.97. The molecule has 1 aromatic carbocycles. The summed E-state index contributed by atoms with van der Waals surface area (Å²) in [6, 6.07) is 7.15. The topological polar surface area (TPSA) is 39.8 Å². The van der Waals surface area contributed by atoms with E-state index in [2.05, 4.69) is 5.10 Å². The van der Waals surface area contributed by atoms with E-state index >= 15 is 0 Å². The van der Waals surface area contributed by atoms with E-state index in [4.69, 9.17) is 35.4 Å². The van der Waals surface area contributed by atoms with Crippen molar-refractivity contribution in [3.8, 4) is 5.69 Å². The molecule has 0 unspecified atom stereocenters. The summed E-state index contributed by atoms with van der Waals surface area (Å²) in [5.41, 5.74) is 3.54. The largest absolute Gasteiger partial charge is 0.351 e. The van der Waals surface area contributed by atoms with Crippen LogP contribution in [0, 0.1) is 17.8 Å². The minimum absolute atomic E-state index is 0.0819. The molecule has 0 atom stereocenters. The zero-order valence-electron chi connectivity index (χ0n) is 14.2. The Morgan fingerprint density at radius 2 is 2.00 bits per heavy atom. The fraction of sp³-hybridized carbons (Fsp3) is 0.235. The lowest BCUT2D eigenvalue weighted by atomic mass is 10.2. The Hall–Kier alpha value is -1.12. The molecule has 0 spiro atoms. The van der Waals surface area contributed by atoms with E-state index in [1.807, 2.05) is 31.5 Å². The van der Waals surface area contributed by atoms with E-state index in [0.29, 0.717) is 19.8 Å². The van der Waals surface area contributed by atoms with Crippen LogP contribution in [0.5, 0.6) is 0 Å². The molecule has 0 aliphatic heterocycles. The van der Waals surface area contributed by atoms with E-state index in [0.717, 1.165) is 27.0 Å². The molecule has 0 aliphatic rings. The highest BCUT2D eigenvalue weighted by Crippen LogP contribution is 2.28. The first kappa shape index (κ1) is 19.6. The Labute approximate surface area is 174 Å². The number of carbonyl (C=O) groups is 1. The average molecular weight is 444 g/mol. The fourth-order valence-electron chi connectivity index (χ4n) is 2.44. The molecule has 26 heavy (non-hydrogen) atoms. The van der Waals surface area contributed by atoms with Gasteiger partial charge in [-0.25, -0.2) is 4.68 Å². The number of ketones is 1. The quantitative estimate of drug-likeness (QED) is 0.279. The van der Waals surface area contributed by atoms with E-state index in [1.165, 1.54) is 23.1 Å². The minimum Gasteiger partial charge on any atom is -0.351 e. The molecule has 4 nitrogen and oxygen atoms in total. The van der Waals surface area contributed by atoms with Crippen LogP contribution in [-0.4, -0.2) is 25.9 Å². The molecule has 0 aliphatic carbocycles. The van der Waals surface area contributed by atoms with Crippen LogP contribution in [0.2, 0.25) is 10.0 Å². The SMILES string of the molecule is Cc1cc(C(=O)CSc2nn(-c3ccc(Cl)c(Cl)c3)c(=S)s2)c(C)n1C. The first-order valence-corrected chi connectivity index (χ1v) is 10.6. The Morgan fingerprint density at radius 1 is 1.27 bits per heavy atom. The minimum atomic E-state index is 0.0819. The lowest BCUT2D eigenvalue weighted by Crippen LogP contribution is -2.04. The summed E-state index contributed by atoms with van der Waals surface area (Å²) in [6.07, 6.45) is 0. The van der Waals surface area contributed by atoms with Crippen LogP contribution >= 0.6 is 58.5 Å². The standard InChI is InChI=1S/C17H15Cl2N3OS3/c1-9-6-12(10(2)21(9)3)15(23)8-25-16-20-22(17(24)26-16)11-4-5-13(18)14(19)7-11/h4-7H,8H2,1-3H3. The van der Waals surface area contributed by atoms with Crippen LogP contribution in [0.15, 0.2) is 28.6 Å². The Kier molecular flexibility index (Phi) is 5.94. The van der Waals surface area contributed by atoms with Gasteiger partial charge in [-0.05, 0) is 50.3 Å². The third-order valence-electron chi connectivity index (χ3n) is 4.08. The van der Waals surface area contributed by atoms with E-state index in [-0.39, 0.29) is 5.78 Å². The van der Waals surface area contributed by atoms with Gasteiger partial charge < -0.3 is 4.57 Å². The van der Waals surface area contributed by atoms with Crippen molar-refractivity contribution in [3.05, 3.63) is 55.2 Å². The molecule has 0 N–H and O–H groups in total. The van der Waals surface area contributed by atoms with Crippen molar-refractivity contribution in [1.82, 2.24) is 14.3 Å². The summed E-state index contributed by atoms with van der Waals surface area (Å²) in [5.74, 6) is 0.395. The van der Waals surface area contributed by atoms with Crippen LogP contribution in [0.25, 0.3) is 5.69 Å². The van der Waals surface area contributed by atoms with Crippen molar-refractivity contribution in [3.63, 3.8) is 0 Å². The first-order chi connectivity index (χ1) is 12.3. The second-order valence-corrected chi connectivity index (χ2v) is 9.36. The van der Waals surface area contributed by atoms with Crippen molar-refractivity contribution in [2.24, 2.45) is 7.05 Å². The number of rotatable bonds is 5. The van der Waals surface area contributed by atoms with Gasteiger partial charge >= 0.3 is 0 Å². The predicted octanol–water partition coefficient (Wildman–Crippen LogP) is 5.90. The monoisotopic (exact) mass is 443 g/mol. The predicted molar refractivity (Wildman–Crippen MR) is 112 cm³/mol. The van der Waals surface area contributed by atoms with Gasteiger partial charge in [0.25, 0.3) is 0 Å². The highest BCUT2D eigenvalue weighted by Gasteiger charge is 2.16. The molecule has 9 heteroatoms. The highest BCUT2D eigenvalue weighted by atomic mass is 35.5. The summed E-state index contributed by atoms with van der Waals surface area (Å²) in [7, 11) is 1.96. The van der Waals surface area contributed by atoms with Gasteiger partial charge in [-0.1, -0.05) is 46.3 Å². The van der Waals surface area contributed by atoms with E-state index in [1.54, 1.807) is 22.9 Å². The van der Waals surface area contributed by atoms with Gasteiger partial charge in [0.15, 0.2) is 14.1 Å². The van der Waals surface area contributed by atoms with Crippen LogP contribution in [0.3, 0.4) is 0 Å². The number of benzene rings is 1. The second kappa shape index (κ2) is 7.86. The zero-order valence-corrected chi connectivity index (χ0v) is 18.2. The number of hydrogen-bond acceptors (Lipinski definition) is 5. The summed E-state index contributed by atoms with van der Waals surface area (Å²) >= 11 is 20.2. The Balaban J connectivity index is 1.77. The number of Topliss-reactive ketones (excluding diaryl/α,β-unsaturated/α-hetero) is 1. The molecular formula is C17H15Cl2N3OS3. The Bertz CT molecular complexity index is 1050. The van der Waals surface area contributed by atoms with Gasteiger partial charge in [-0.2, -0.15) is 0 Å². The van der Waals surface area contributed by atoms with Gasteiger partial charge in [-0.15, -0.1) is 5.10 Å². The second-order valence-electron chi connectivity index (χ2n) is 5.70. The fourth-order valence-corrected chi connectivity index (χ4v) is 4.98. The molecule has 0 bridgehead atoms. The van der Waals surface area contributed by atoms with Gasteiger partial charge in [0, 0.05) is 24.0 Å². The van der Waals surface area contributed by atoms with Crippen LogP contribution in [0.1, 0.15) is 21.7 Å². The Morgan fingerprint density at radius 3 is 2.62 bits per heavy atom.